The highest BCUT2D eigenvalue weighted by Crippen LogP contribution is 2.34. The summed E-state index contributed by atoms with van der Waals surface area (Å²) in [7, 11) is 3.22. The Morgan fingerprint density at radius 3 is 2.44 bits per heavy atom. The molecule has 3 aromatic rings. The summed E-state index contributed by atoms with van der Waals surface area (Å²) in [5.74, 6) is 1.70. The first-order valence-corrected chi connectivity index (χ1v) is 11.1. The van der Waals surface area contributed by atoms with E-state index in [1.54, 1.807) is 49.3 Å². The third-order valence-electron chi connectivity index (χ3n) is 5.98. The summed E-state index contributed by atoms with van der Waals surface area (Å²) < 4.78 is 10.8. The van der Waals surface area contributed by atoms with Crippen LogP contribution < -0.4 is 14.8 Å². The molecular formula is C26H28N4O4. The molecule has 1 aromatic heterocycles. The Kier molecular flexibility index (Phi) is 6.96. The summed E-state index contributed by atoms with van der Waals surface area (Å²) in [6.45, 7) is 2.81. The van der Waals surface area contributed by atoms with Crippen LogP contribution in [0.2, 0.25) is 0 Å². The van der Waals surface area contributed by atoms with Crippen molar-refractivity contribution in [3.8, 4) is 11.5 Å². The molecule has 1 fully saturated rings. The Hall–Kier alpha value is -4.07. The number of pyridine rings is 1. The number of nitrogens with zero attached hydrogens (tertiary/aromatic N) is 3. The van der Waals surface area contributed by atoms with E-state index in [-0.39, 0.29) is 17.9 Å². The van der Waals surface area contributed by atoms with Gasteiger partial charge in [0.15, 0.2) is 0 Å². The lowest BCUT2D eigenvalue weighted by molar-refractivity contribution is -0.131. The molecule has 0 bridgehead atoms. The van der Waals surface area contributed by atoms with Crippen molar-refractivity contribution in [1.82, 2.24) is 14.8 Å². The molecule has 1 aliphatic heterocycles. The van der Waals surface area contributed by atoms with Crippen LogP contribution in [0.3, 0.4) is 0 Å². The molecule has 2 amide bonds. The quantitative estimate of drug-likeness (QED) is 0.601. The molecule has 8 nitrogen and oxygen atoms in total. The maximum atomic E-state index is 13.9. The van der Waals surface area contributed by atoms with Gasteiger partial charge in [0, 0.05) is 44.0 Å². The molecule has 1 N–H and O–H groups in total. The van der Waals surface area contributed by atoms with Crippen LogP contribution in [0.25, 0.3) is 0 Å². The van der Waals surface area contributed by atoms with Crippen molar-refractivity contribution in [2.45, 2.75) is 13.0 Å². The lowest BCUT2D eigenvalue weighted by atomic mass is 9.99. The summed E-state index contributed by atoms with van der Waals surface area (Å²) in [6, 6.07) is 18.2. The van der Waals surface area contributed by atoms with Crippen molar-refractivity contribution < 1.29 is 19.1 Å². The van der Waals surface area contributed by atoms with E-state index in [2.05, 4.69) is 10.3 Å². The molecule has 0 aliphatic carbocycles. The van der Waals surface area contributed by atoms with Gasteiger partial charge in [-0.25, -0.2) is 4.98 Å². The van der Waals surface area contributed by atoms with Crippen molar-refractivity contribution in [3.63, 3.8) is 0 Å². The van der Waals surface area contributed by atoms with Gasteiger partial charge < -0.3 is 24.6 Å². The van der Waals surface area contributed by atoms with Gasteiger partial charge in [-0.15, -0.1) is 0 Å². The molecule has 2 aromatic carbocycles. The van der Waals surface area contributed by atoms with Gasteiger partial charge in [0.05, 0.1) is 25.8 Å². The number of hydrogen-bond acceptors (Lipinski definition) is 6. The third-order valence-corrected chi connectivity index (χ3v) is 5.98. The van der Waals surface area contributed by atoms with Crippen LogP contribution in [0.1, 0.15) is 28.9 Å². The minimum atomic E-state index is -0.352. The van der Waals surface area contributed by atoms with E-state index in [0.717, 1.165) is 17.0 Å². The SMILES string of the molecule is COc1ccc(Nc2ncccc2C(=O)N2CCN(C(C)=O)C[C@H]2c2ccccc2OC)cc1. The molecule has 34 heavy (non-hydrogen) atoms. The van der Waals surface area contributed by atoms with Crippen molar-refractivity contribution in [3.05, 3.63) is 78.0 Å². The standard InChI is InChI=1S/C26H28N4O4/c1-18(31)29-15-16-30(23(17-29)21-7-4-5-9-24(21)34-3)26(32)22-8-6-14-27-25(22)28-19-10-12-20(33-2)13-11-19/h4-14,23H,15-17H2,1-3H3,(H,27,28)/t23-/m0/s1. The molecule has 1 atom stereocenters. The fourth-order valence-corrected chi connectivity index (χ4v) is 4.16. The predicted octanol–water partition coefficient (Wildman–Crippen LogP) is 3.89. The number of methoxy groups -OCH3 is 2. The Labute approximate surface area is 199 Å². The van der Waals surface area contributed by atoms with Gasteiger partial charge in [0.2, 0.25) is 5.91 Å². The number of para-hydroxylation sites is 1. The van der Waals surface area contributed by atoms with Crippen LogP contribution in [0.5, 0.6) is 11.5 Å². The first-order valence-electron chi connectivity index (χ1n) is 11.1. The number of nitrogens with one attached hydrogen (secondary N) is 1. The minimum Gasteiger partial charge on any atom is -0.497 e. The molecular weight excluding hydrogens is 432 g/mol. The largest absolute Gasteiger partial charge is 0.497 e. The van der Waals surface area contributed by atoms with Crippen LogP contribution >= 0.6 is 0 Å². The Morgan fingerprint density at radius 1 is 0.971 bits per heavy atom. The van der Waals surface area contributed by atoms with Gasteiger partial charge in [0.25, 0.3) is 5.91 Å². The molecule has 2 heterocycles. The zero-order chi connectivity index (χ0) is 24.1. The van der Waals surface area contributed by atoms with Gasteiger partial charge in [-0.2, -0.15) is 0 Å². The first kappa shape index (κ1) is 23.1. The van der Waals surface area contributed by atoms with E-state index in [1.807, 2.05) is 48.5 Å². The van der Waals surface area contributed by atoms with Crippen LogP contribution in [0, 0.1) is 0 Å². The average Bonchev–Trinajstić information content (AvgIpc) is 2.88. The average molecular weight is 461 g/mol. The number of amides is 2. The van der Waals surface area contributed by atoms with E-state index in [0.29, 0.717) is 36.8 Å². The number of hydrogen-bond donors (Lipinski definition) is 1. The molecule has 1 aliphatic rings. The fourth-order valence-electron chi connectivity index (χ4n) is 4.16. The number of ether oxygens (including phenoxy) is 2. The molecule has 8 heteroatoms. The Morgan fingerprint density at radius 2 is 1.74 bits per heavy atom. The van der Waals surface area contributed by atoms with Crippen LogP contribution in [-0.2, 0) is 4.79 Å². The van der Waals surface area contributed by atoms with E-state index in [1.165, 1.54) is 0 Å². The van der Waals surface area contributed by atoms with Crippen molar-refractivity contribution in [1.29, 1.82) is 0 Å². The van der Waals surface area contributed by atoms with Crippen molar-refractivity contribution in [2.75, 3.05) is 39.2 Å². The topological polar surface area (TPSA) is 84.0 Å². The fraction of sp³-hybridized carbons (Fsp3) is 0.269. The zero-order valence-electron chi connectivity index (χ0n) is 19.5. The second kappa shape index (κ2) is 10.2. The van der Waals surface area contributed by atoms with Gasteiger partial charge in [-0.1, -0.05) is 18.2 Å². The minimum absolute atomic E-state index is 0.0183. The van der Waals surface area contributed by atoms with E-state index in [4.69, 9.17) is 9.47 Å². The maximum absolute atomic E-state index is 13.9. The number of carbonyl (C=O) groups excluding carboxylic acids is 2. The highest BCUT2D eigenvalue weighted by Gasteiger charge is 2.35. The lowest BCUT2D eigenvalue weighted by Gasteiger charge is -2.42. The van der Waals surface area contributed by atoms with Gasteiger partial charge in [0.1, 0.15) is 17.3 Å². The summed E-state index contributed by atoms with van der Waals surface area (Å²) in [4.78, 5) is 34.0. The van der Waals surface area contributed by atoms with Crippen LogP contribution in [0.4, 0.5) is 11.5 Å². The molecule has 0 radical (unpaired) electrons. The van der Waals surface area contributed by atoms with Gasteiger partial charge in [-0.3, -0.25) is 9.59 Å². The third kappa shape index (κ3) is 4.80. The second-order valence-electron chi connectivity index (χ2n) is 7.97. The number of carbonyl (C=O) groups is 2. The molecule has 0 unspecified atom stereocenters. The van der Waals surface area contributed by atoms with Crippen LogP contribution in [-0.4, -0.2) is 60.5 Å². The van der Waals surface area contributed by atoms with Crippen LogP contribution in [0.15, 0.2) is 66.9 Å². The van der Waals surface area contributed by atoms with E-state index in [9.17, 15) is 9.59 Å². The molecule has 0 spiro atoms. The van der Waals surface area contributed by atoms with Gasteiger partial charge in [-0.05, 0) is 42.5 Å². The number of benzene rings is 2. The summed E-state index contributed by atoms with van der Waals surface area (Å²) in [6.07, 6.45) is 1.65. The molecule has 176 valence electrons. The number of anilines is 2. The normalized spacial score (nSPS) is 15.6. The number of aromatic nitrogens is 1. The molecule has 0 saturated carbocycles. The summed E-state index contributed by atoms with van der Waals surface area (Å²) >= 11 is 0. The first-order chi connectivity index (χ1) is 16.5. The Balaban J connectivity index is 1.67. The predicted molar refractivity (Wildman–Crippen MR) is 130 cm³/mol. The second-order valence-corrected chi connectivity index (χ2v) is 7.97. The Bertz CT molecular complexity index is 1170. The maximum Gasteiger partial charge on any atom is 0.258 e. The number of piperazine rings is 1. The van der Waals surface area contributed by atoms with E-state index < -0.39 is 0 Å². The van der Waals surface area contributed by atoms with E-state index >= 15 is 0 Å². The molecule has 1 saturated heterocycles. The number of rotatable bonds is 6. The van der Waals surface area contributed by atoms with Gasteiger partial charge >= 0.3 is 0 Å². The van der Waals surface area contributed by atoms with Crippen molar-refractivity contribution in [2.24, 2.45) is 0 Å². The zero-order valence-corrected chi connectivity index (χ0v) is 19.5. The smallest absolute Gasteiger partial charge is 0.258 e. The highest BCUT2D eigenvalue weighted by atomic mass is 16.5. The lowest BCUT2D eigenvalue weighted by Crippen LogP contribution is -2.52. The summed E-state index contributed by atoms with van der Waals surface area (Å²) in [5.41, 5.74) is 2.10. The highest BCUT2D eigenvalue weighted by molar-refractivity contribution is 5.99. The molecule has 4 rings (SSSR count). The monoisotopic (exact) mass is 460 g/mol. The summed E-state index contributed by atoms with van der Waals surface area (Å²) in [5, 5.41) is 3.24. The van der Waals surface area contributed by atoms with Crippen molar-refractivity contribution >= 4 is 23.3 Å².